The van der Waals surface area contributed by atoms with Gasteiger partial charge in [-0.05, 0) is 17.7 Å². The smallest absolute Gasteiger partial charge is 0.224 e. The lowest BCUT2D eigenvalue weighted by atomic mass is 9.96. The number of hydrogen-bond acceptors (Lipinski definition) is 4. The van der Waals surface area contributed by atoms with Crippen molar-refractivity contribution in [1.29, 1.82) is 5.26 Å². The van der Waals surface area contributed by atoms with Gasteiger partial charge in [0.05, 0.1) is 24.2 Å². The highest BCUT2D eigenvalue weighted by atomic mass is 16.5. The summed E-state index contributed by atoms with van der Waals surface area (Å²) in [5.74, 6) is 0.258. The summed E-state index contributed by atoms with van der Waals surface area (Å²) in [6, 6.07) is 9.77. The lowest BCUT2D eigenvalue weighted by molar-refractivity contribution is -0.125. The van der Waals surface area contributed by atoms with Crippen molar-refractivity contribution in [2.75, 3.05) is 33.9 Å². The first kappa shape index (κ1) is 15.5. The largest absolute Gasteiger partial charge is 0.384 e. The summed E-state index contributed by atoms with van der Waals surface area (Å²) >= 11 is 0. The molecule has 5 nitrogen and oxygen atoms in total. The zero-order valence-corrected chi connectivity index (χ0v) is 12.5. The summed E-state index contributed by atoms with van der Waals surface area (Å²) in [4.78, 5) is 14.2. The van der Waals surface area contributed by atoms with Crippen molar-refractivity contribution in [3.63, 3.8) is 0 Å². The third-order valence-electron chi connectivity index (χ3n) is 3.94. The first-order valence-electron chi connectivity index (χ1n) is 7.10. The number of hydrogen-bond donors (Lipinski definition) is 1. The maximum atomic E-state index is 12.0. The van der Waals surface area contributed by atoms with E-state index in [0.717, 1.165) is 25.2 Å². The number of nitrogens with one attached hydrogen (secondary N) is 1. The van der Waals surface area contributed by atoms with E-state index in [4.69, 9.17) is 10.00 Å². The fourth-order valence-corrected chi connectivity index (χ4v) is 2.95. The molecule has 1 N–H and O–H groups in total. The van der Waals surface area contributed by atoms with E-state index in [1.807, 2.05) is 18.2 Å². The van der Waals surface area contributed by atoms with E-state index in [1.165, 1.54) is 0 Å². The molecule has 112 valence electrons. The zero-order valence-electron chi connectivity index (χ0n) is 12.5. The van der Waals surface area contributed by atoms with Crippen molar-refractivity contribution >= 4 is 5.91 Å². The summed E-state index contributed by atoms with van der Waals surface area (Å²) in [5, 5.41) is 11.7. The van der Waals surface area contributed by atoms with Crippen LogP contribution < -0.4 is 5.32 Å². The van der Waals surface area contributed by atoms with Gasteiger partial charge in [0.15, 0.2) is 0 Å². The van der Waals surface area contributed by atoms with Crippen molar-refractivity contribution in [3.05, 3.63) is 35.4 Å². The van der Waals surface area contributed by atoms with Gasteiger partial charge in [-0.1, -0.05) is 12.1 Å². The molecule has 1 heterocycles. The van der Waals surface area contributed by atoms with Gasteiger partial charge in [-0.2, -0.15) is 5.26 Å². The lowest BCUT2D eigenvalue weighted by Gasteiger charge is -2.15. The average Bonchev–Trinajstić information content (AvgIpc) is 2.89. The Bertz CT molecular complexity index is 539. The molecule has 0 spiro atoms. The van der Waals surface area contributed by atoms with Crippen LogP contribution in [0.4, 0.5) is 0 Å². The van der Waals surface area contributed by atoms with Gasteiger partial charge in [-0.25, -0.2) is 0 Å². The first-order valence-corrected chi connectivity index (χ1v) is 7.10. The Morgan fingerprint density at radius 3 is 3.00 bits per heavy atom. The number of amides is 1. The van der Waals surface area contributed by atoms with E-state index >= 15 is 0 Å². The van der Waals surface area contributed by atoms with Crippen LogP contribution >= 0.6 is 0 Å². The van der Waals surface area contributed by atoms with Crippen LogP contribution in [0.15, 0.2) is 24.3 Å². The predicted octanol–water partition coefficient (Wildman–Crippen LogP) is 0.999. The Morgan fingerprint density at radius 2 is 2.33 bits per heavy atom. The molecule has 2 rings (SSSR count). The number of benzene rings is 1. The Morgan fingerprint density at radius 1 is 1.52 bits per heavy atom. The number of nitrogens with zero attached hydrogens (tertiary/aromatic N) is 2. The number of methoxy groups -OCH3 is 1. The van der Waals surface area contributed by atoms with E-state index in [1.54, 1.807) is 20.2 Å². The molecule has 21 heavy (non-hydrogen) atoms. The Labute approximate surface area is 125 Å². The van der Waals surface area contributed by atoms with Gasteiger partial charge in [0.1, 0.15) is 0 Å². The number of ether oxygens (including phenoxy) is 1. The molecule has 1 fully saturated rings. The van der Waals surface area contributed by atoms with Crippen LogP contribution in [-0.4, -0.2) is 44.7 Å². The molecule has 1 aliphatic heterocycles. The Kier molecular flexibility index (Phi) is 5.32. The van der Waals surface area contributed by atoms with Crippen LogP contribution in [-0.2, 0) is 16.1 Å². The first-order chi connectivity index (χ1) is 10.2. The van der Waals surface area contributed by atoms with Crippen molar-refractivity contribution in [1.82, 2.24) is 10.2 Å². The van der Waals surface area contributed by atoms with Crippen LogP contribution in [0.5, 0.6) is 0 Å². The highest BCUT2D eigenvalue weighted by Gasteiger charge is 2.36. The van der Waals surface area contributed by atoms with Crippen LogP contribution in [0.3, 0.4) is 0 Å². The summed E-state index contributed by atoms with van der Waals surface area (Å²) < 4.78 is 5.24. The molecule has 0 aromatic heterocycles. The fourth-order valence-electron chi connectivity index (χ4n) is 2.95. The second-order valence-electron chi connectivity index (χ2n) is 5.44. The molecule has 2 atom stereocenters. The second-order valence-corrected chi connectivity index (χ2v) is 5.44. The van der Waals surface area contributed by atoms with Crippen LogP contribution in [0, 0.1) is 23.2 Å². The summed E-state index contributed by atoms with van der Waals surface area (Å²) in [5.41, 5.74) is 1.77. The van der Waals surface area contributed by atoms with Crippen molar-refractivity contribution in [2.45, 2.75) is 6.54 Å². The number of carbonyl (C=O) groups excluding carboxylic acids is 1. The number of carbonyl (C=O) groups is 1. The summed E-state index contributed by atoms with van der Waals surface area (Å²) in [7, 11) is 3.34. The minimum Gasteiger partial charge on any atom is -0.384 e. The molecule has 0 saturated carbocycles. The fraction of sp³-hybridized carbons (Fsp3) is 0.500. The van der Waals surface area contributed by atoms with Gasteiger partial charge in [0.25, 0.3) is 0 Å². The van der Waals surface area contributed by atoms with Gasteiger partial charge >= 0.3 is 0 Å². The summed E-state index contributed by atoms with van der Waals surface area (Å²) in [6.45, 7) is 2.91. The van der Waals surface area contributed by atoms with E-state index in [2.05, 4.69) is 16.3 Å². The van der Waals surface area contributed by atoms with E-state index in [9.17, 15) is 4.79 Å². The van der Waals surface area contributed by atoms with Gasteiger partial charge in [0, 0.05) is 39.7 Å². The van der Waals surface area contributed by atoms with Crippen LogP contribution in [0.1, 0.15) is 11.1 Å². The topological polar surface area (TPSA) is 65.4 Å². The van der Waals surface area contributed by atoms with Crippen molar-refractivity contribution in [2.24, 2.45) is 11.8 Å². The van der Waals surface area contributed by atoms with Crippen molar-refractivity contribution in [3.8, 4) is 6.07 Å². The Hall–Kier alpha value is -1.90. The molecule has 0 unspecified atom stereocenters. The third kappa shape index (κ3) is 3.81. The summed E-state index contributed by atoms with van der Waals surface area (Å²) in [6.07, 6.45) is 0. The highest BCUT2D eigenvalue weighted by Crippen LogP contribution is 2.25. The molecule has 0 radical (unpaired) electrons. The molecule has 0 bridgehead atoms. The predicted molar refractivity (Wildman–Crippen MR) is 79.4 cm³/mol. The van der Waals surface area contributed by atoms with Crippen LogP contribution in [0.2, 0.25) is 0 Å². The molecule has 1 aromatic rings. The SMILES string of the molecule is CNC(=O)[C@@H]1CN(Cc2cccc(C#N)c2)C[C@H]1COC. The molecule has 1 amide bonds. The average molecular weight is 287 g/mol. The van der Waals surface area contributed by atoms with Crippen LogP contribution in [0.25, 0.3) is 0 Å². The molecule has 1 saturated heterocycles. The monoisotopic (exact) mass is 287 g/mol. The van der Waals surface area contributed by atoms with Gasteiger partial charge in [0.2, 0.25) is 5.91 Å². The normalized spacial score (nSPS) is 22.0. The van der Waals surface area contributed by atoms with E-state index < -0.39 is 0 Å². The van der Waals surface area contributed by atoms with E-state index in [0.29, 0.717) is 12.2 Å². The number of rotatable bonds is 5. The Balaban J connectivity index is 2.04. The quantitative estimate of drug-likeness (QED) is 0.877. The van der Waals surface area contributed by atoms with Gasteiger partial charge < -0.3 is 10.1 Å². The molecular formula is C16H21N3O2. The third-order valence-corrected chi connectivity index (χ3v) is 3.94. The highest BCUT2D eigenvalue weighted by molar-refractivity contribution is 5.79. The molecular weight excluding hydrogens is 266 g/mol. The zero-order chi connectivity index (χ0) is 15.2. The minimum absolute atomic E-state index is 0.0332. The maximum Gasteiger partial charge on any atom is 0.224 e. The maximum absolute atomic E-state index is 12.0. The van der Waals surface area contributed by atoms with Gasteiger partial charge in [-0.15, -0.1) is 0 Å². The molecule has 1 aromatic carbocycles. The minimum atomic E-state index is -0.0332. The number of likely N-dealkylation sites (tertiary alicyclic amines) is 1. The van der Waals surface area contributed by atoms with E-state index in [-0.39, 0.29) is 17.7 Å². The second kappa shape index (κ2) is 7.21. The molecule has 0 aliphatic carbocycles. The molecule has 5 heteroatoms. The van der Waals surface area contributed by atoms with Crippen molar-refractivity contribution < 1.29 is 9.53 Å². The molecule has 1 aliphatic rings. The van der Waals surface area contributed by atoms with Gasteiger partial charge in [-0.3, -0.25) is 9.69 Å². The lowest BCUT2D eigenvalue weighted by Crippen LogP contribution is -2.34. The standard InChI is InChI=1S/C16H21N3O2/c1-18-16(20)15-10-19(9-14(15)11-21-2)8-13-5-3-4-12(6-13)7-17/h3-6,14-15H,8-11H2,1-2H3,(H,18,20)/t14-,15+/m0/s1. The number of nitriles is 1.